The van der Waals surface area contributed by atoms with Crippen molar-refractivity contribution >= 4 is 12.1 Å². The van der Waals surface area contributed by atoms with Gasteiger partial charge in [-0.1, -0.05) is 12.2 Å². The summed E-state index contributed by atoms with van der Waals surface area (Å²) in [5.41, 5.74) is 0.489. The van der Waals surface area contributed by atoms with Gasteiger partial charge in [0.05, 0.1) is 12.5 Å². The van der Waals surface area contributed by atoms with E-state index in [1.165, 1.54) is 0 Å². The Labute approximate surface area is 87.4 Å². The number of ether oxygens (including phenoxy) is 1. The molecule has 0 aromatic heterocycles. The van der Waals surface area contributed by atoms with Crippen molar-refractivity contribution in [2.45, 2.75) is 13.3 Å². The van der Waals surface area contributed by atoms with Crippen LogP contribution in [0.25, 0.3) is 0 Å². The maximum Gasteiger partial charge on any atom is 0.409 e. The molecule has 1 aliphatic carbocycles. The second kappa shape index (κ2) is 5.19. The molecular weight excluding hydrogens is 198 g/mol. The van der Waals surface area contributed by atoms with Crippen LogP contribution in [-0.2, 0) is 9.53 Å². The molecule has 5 nitrogen and oxygen atoms in total. The minimum Gasteiger partial charge on any atom is -0.466 e. The first-order chi connectivity index (χ1) is 7.13. The van der Waals surface area contributed by atoms with Crippen molar-refractivity contribution in [3.05, 3.63) is 23.9 Å². The highest BCUT2D eigenvalue weighted by Gasteiger charge is 2.18. The second-order valence-corrected chi connectivity index (χ2v) is 3.04. The molecule has 1 unspecified atom stereocenters. The van der Waals surface area contributed by atoms with Crippen LogP contribution in [0.3, 0.4) is 0 Å². The van der Waals surface area contributed by atoms with Gasteiger partial charge in [0.2, 0.25) is 0 Å². The summed E-state index contributed by atoms with van der Waals surface area (Å²) in [7, 11) is 0. The first-order valence-corrected chi connectivity index (χ1v) is 4.68. The van der Waals surface area contributed by atoms with Crippen LogP contribution in [0.1, 0.15) is 13.3 Å². The van der Waals surface area contributed by atoms with Crippen molar-refractivity contribution in [3.63, 3.8) is 0 Å². The van der Waals surface area contributed by atoms with E-state index in [1.807, 2.05) is 0 Å². The lowest BCUT2D eigenvalue weighted by Crippen LogP contribution is -2.23. The Hall–Kier alpha value is -1.78. The molecule has 0 bridgehead atoms. The van der Waals surface area contributed by atoms with Gasteiger partial charge in [0.15, 0.2) is 0 Å². The zero-order valence-corrected chi connectivity index (χ0v) is 8.40. The highest BCUT2D eigenvalue weighted by atomic mass is 16.5. The Bertz CT molecular complexity index is 319. The summed E-state index contributed by atoms with van der Waals surface area (Å²) in [4.78, 5) is 21.6. The number of rotatable bonds is 3. The predicted octanol–water partition coefficient (Wildman–Crippen LogP) is 1.28. The van der Waals surface area contributed by atoms with E-state index in [1.54, 1.807) is 25.2 Å². The topological polar surface area (TPSA) is 75.6 Å². The molecule has 0 aromatic rings. The zero-order chi connectivity index (χ0) is 11.3. The lowest BCUT2D eigenvalue weighted by atomic mass is 10.00. The number of carboxylic acid groups (broad SMARTS) is 1. The molecule has 5 heteroatoms. The number of esters is 1. The van der Waals surface area contributed by atoms with E-state index in [9.17, 15) is 9.59 Å². The smallest absolute Gasteiger partial charge is 0.409 e. The van der Waals surface area contributed by atoms with Gasteiger partial charge in [-0.2, -0.15) is 0 Å². The van der Waals surface area contributed by atoms with E-state index in [-0.39, 0.29) is 11.9 Å². The van der Waals surface area contributed by atoms with Gasteiger partial charge in [0.25, 0.3) is 0 Å². The Morgan fingerprint density at radius 1 is 1.67 bits per heavy atom. The minimum atomic E-state index is -1.11. The van der Waals surface area contributed by atoms with Crippen LogP contribution in [0.2, 0.25) is 0 Å². The quantitative estimate of drug-likeness (QED) is 0.689. The number of carbonyl (C=O) groups is 2. The standard InChI is InChI=1S/C10H13NO4/c1-2-15-9(12)7-3-5-8(6-4-7)11-10(13)14/h3,5-7,11H,2,4H2,1H3,(H,13,14). The van der Waals surface area contributed by atoms with Gasteiger partial charge < -0.3 is 9.84 Å². The van der Waals surface area contributed by atoms with Crippen LogP contribution in [0.4, 0.5) is 4.79 Å². The summed E-state index contributed by atoms with van der Waals surface area (Å²) in [6.07, 6.45) is 4.23. The Kier molecular flexibility index (Phi) is 3.91. The van der Waals surface area contributed by atoms with E-state index in [0.717, 1.165) is 0 Å². The Morgan fingerprint density at radius 2 is 2.40 bits per heavy atom. The van der Waals surface area contributed by atoms with Crippen molar-refractivity contribution in [3.8, 4) is 0 Å². The van der Waals surface area contributed by atoms with Gasteiger partial charge in [0, 0.05) is 5.70 Å². The summed E-state index contributed by atoms with van der Waals surface area (Å²) in [5.74, 6) is -0.580. The number of hydrogen-bond acceptors (Lipinski definition) is 3. The number of allylic oxidation sites excluding steroid dienone is 2. The van der Waals surface area contributed by atoms with E-state index in [0.29, 0.717) is 18.7 Å². The summed E-state index contributed by atoms with van der Waals surface area (Å²) in [6.45, 7) is 2.10. The minimum absolute atomic E-state index is 0.278. The summed E-state index contributed by atoms with van der Waals surface area (Å²) < 4.78 is 4.84. The molecule has 1 rings (SSSR count). The van der Waals surface area contributed by atoms with Crippen LogP contribution in [-0.4, -0.2) is 23.8 Å². The first kappa shape index (κ1) is 11.3. The van der Waals surface area contributed by atoms with Crippen LogP contribution < -0.4 is 5.32 Å². The zero-order valence-electron chi connectivity index (χ0n) is 8.40. The normalized spacial score (nSPS) is 19.3. The molecule has 0 spiro atoms. The lowest BCUT2D eigenvalue weighted by Gasteiger charge is -2.14. The predicted molar refractivity (Wildman–Crippen MR) is 53.1 cm³/mol. The summed E-state index contributed by atoms with van der Waals surface area (Å²) in [5, 5.41) is 10.7. The molecular formula is C10H13NO4. The van der Waals surface area contributed by atoms with Crippen molar-refractivity contribution in [2.75, 3.05) is 6.61 Å². The molecule has 0 saturated heterocycles. The van der Waals surface area contributed by atoms with E-state index < -0.39 is 6.09 Å². The monoisotopic (exact) mass is 211 g/mol. The van der Waals surface area contributed by atoms with Gasteiger partial charge in [0.1, 0.15) is 0 Å². The number of nitrogens with one attached hydrogen (secondary N) is 1. The number of hydrogen-bond donors (Lipinski definition) is 2. The lowest BCUT2D eigenvalue weighted by molar-refractivity contribution is -0.146. The summed E-state index contributed by atoms with van der Waals surface area (Å²) in [6, 6.07) is 0. The summed E-state index contributed by atoms with van der Waals surface area (Å²) >= 11 is 0. The molecule has 1 aliphatic rings. The van der Waals surface area contributed by atoms with Gasteiger partial charge in [-0.25, -0.2) is 4.79 Å². The molecule has 0 saturated carbocycles. The molecule has 1 atom stereocenters. The average Bonchev–Trinajstić information content (AvgIpc) is 2.18. The fourth-order valence-electron chi connectivity index (χ4n) is 1.26. The Balaban J connectivity index is 2.48. The third kappa shape index (κ3) is 3.46. The molecule has 2 N–H and O–H groups in total. The van der Waals surface area contributed by atoms with Crippen molar-refractivity contribution in [1.82, 2.24) is 5.32 Å². The van der Waals surface area contributed by atoms with E-state index in [2.05, 4.69) is 5.32 Å². The van der Waals surface area contributed by atoms with Crippen LogP contribution >= 0.6 is 0 Å². The molecule has 1 amide bonds. The van der Waals surface area contributed by atoms with Crippen LogP contribution in [0, 0.1) is 5.92 Å². The number of carbonyl (C=O) groups excluding carboxylic acids is 1. The van der Waals surface area contributed by atoms with E-state index in [4.69, 9.17) is 9.84 Å². The maximum atomic E-state index is 11.3. The Morgan fingerprint density at radius 3 is 2.87 bits per heavy atom. The highest BCUT2D eigenvalue weighted by Crippen LogP contribution is 2.16. The van der Waals surface area contributed by atoms with Crippen molar-refractivity contribution < 1.29 is 19.4 Å². The van der Waals surface area contributed by atoms with Gasteiger partial charge in [-0.15, -0.1) is 0 Å². The molecule has 82 valence electrons. The second-order valence-electron chi connectivity index (χ2n) is 3.04. The molecule has 0 radical (unpaired) electrons. The SMILES string of the molecule is CCOC(=O)C1C=CC(NC(=O)O)=CC1. The average molecular weight is 211 g/mol. The third-order valence-electron chi connectivity index (χ3n) is 1.94. The van der Waals surface area contributed by atoms with Gasteiger partial charge in [-0.3, -0.25) is 10.1 Å². The third-order valence-corrected chi connectivity index (χ3v) is 1.94. The molecule has 0 heterocycles. The van der Waals surface area contributed by atoms with Crippen molar-refractivity contribution in [1.29, 1.82) is 0 Å². The largest absolute Gasteiger partial charge is 0.466 e. The fraction of sp³-hybridized carbons (Fsp3) is 0.400. The van der Waals surface area contributed by atoms with Crippen LogP contribution in [0.5, 0.6) is 0 Å². The van der Waals surface area contributed by atoms with E-state index >= 15 is 0 Å². The van der Waals surface area contributed by atoms with Crippen molar-refractivity contribution in [2.24, 2.45) is 5.92 Å². The van der Waals surface area contributed by atoms with Gasteiger partial charge >= 0.3 is 12.1 Å². The molecule has 0 aliphatic heterocycles. The first-order valence-electron chi connectivity index (χ1n) is 4.68. The van der Waals surface area contributed by atoms with Crippen LogP contribution in [0.15, 0.2) is 23.9 Å². The fourth-order valence-corrected chi connectivity index (χ4v) is 1.26. The molecule has 15 heavy (non-hydrogen) atoms. The van der Waals surface area contributed by atoms with Gasteiger partial charge in [-0.05, 0) is 19.4 Å². The highest BCUT2D eigenvalue weighted by molar-refractivity contribution is 5.75. The molecule has 0 aromatic carbocycles. The molecule has 0 fully saturated rings. The number of amides is 1. The maximum absolute atomic E-state index is 11.3.